The van der Waals surface area contributed by atoms with Gasteiger partial charge < -0.3 is 5.11 Å². The van der Waals surface area contributed by atoms with Crippen LogP contribution < -0.4 is 0 Å². The summed E-state index contributed by atoms with van der Waals surface area (Å²) < 4.78 is 0. The molecule has 0 amide bonds. The molecule has 1 atom stereocenters. The van der Waals surface area contributed by atoms with Crippen molar-refractivity contribution in [1.82, 2.24) is 0 Å². The molecular formula is C11H16O. The van der Waals surface area contributed by atoms with E-state index in [0.717, 1.165) is 12.0 Å². The second-order valence-corrected chi connectivity index (χ2v) is 3.23. The number of aliphatic hydroxyl groups is 1. The van der Waals surface area contributed by atoms with Crippen molar-refractivity contribution in [2.24, 2.45) is 0 Å². The second kappa shape index (κ2) is 3.72. The van der Waals surface area contributed by atoms with Crippen LogP contribution >= 0.6 is 0 Å². The van der Waals surface area contributed by atoms with Crippen molar-refractivity contribution >= 4 is 0 Å². The molecule has 1 heteroatoms. The van der Waals surface area contributed by atoms with Crippen LogP contribution in [0.1, 0.15) is 36.1 Å². The van der Waals surface area contributed by atoms with Crippen molar-refractivity contribution in [2.45, 2.75) is 33.3 Å². The topological polar surface area (TPSA) is 20.2 Å². The van der Waals surface area contributed by atoms with E-state index < -0.39 is 0 Å². The molecule has 1 rings (SSSR count). The Bertz CT molecular complexity index is 245. The van der Waals surface area contributed by atoms with Crippen molar-refractivity contribution in [3.63, 3.8) is 0 Å². The van der Waals surface area contributed by atoms with Gasteiger partial charge in [-0.05, 0) is 37.0 Å². The van der Waals surface area contributed by atoms with Crippen LogP contribution in [0.15, 0.2) is 18.2 Å². The summed E-state index contributed by atoms with van der Waals surface area (Å²) in [5.41, 5.74) is 3.47. The predicted molar refractivity (Wildman–Crippen MR) is 51.2 cm³/mol. The summed E-state index contributed by atoms with van der Waals surface area (Å²) in [4.78, 5) is 0. The van der Waals surface area contributed by atoms with Crippen LogP contribution in [0.25, 0.3) is 0 Å². The quantitative estimate of drug-likeness (QED) is 0.712. The Morgan fingerprint density at radius 2 is 1.75 bits per heavy atom. The highest BCUT2D eigenvalue weighted by atomic mass is 16.3. The van der Waals surface area contributed by atoms with Crippen LogP contribution in [0.2, 0.25) is 0 Å². The van der Waals surface area contributed by atoms with E-state index in [0.29, 0.717) is 0 Å². The Morgan fingerprint density at radius 1 is 1.25 bits per heavy atom. The molecule has 0 fully saturated rings. The van der Waals surface area contributed by atoms with E-state index in [1.807, 2.05) is 39.0 Å². The average molecular weight is 164 g/mol. The Hall–Kier alpha value is -0.820. The van der Waals surface area contributed by atoms with Crippen LogP contribution in [-0.4, -0.2) is 5.11 Å². The summed E-state index contributed by atoms with van der Waals surface area (Å²) in [6, 6.07) is 6.11. The van der Waals surface area contributed by atoms with Crippen LogP contribution in [-0.2, 0) is 0 Å². The molecule has 0 aliphatic heterocycles. The second-order valence-electron chi connectivity index (χ2n) is 3.23. The fraction of sp³-hybridized carbons (Fsp3) is 0.455. The number of rotatable bonds is 2. The summed E-state index contributed by atoms with van der Waals surface area (Å²) in [5.74, 6) is 0. The first-order valence-corrected chi connectivity index (χ1v) is 4.41. The lowest BCUT2D eigenvalue weighted by Crippen LogP contribution is -2.00. The Kier molecular flexibility index (Phi) is 2.88. The zero-order valence-corrected chi connectivity index (χ0v) is 7.96. The summed E-state index contributed by atoms with van der Waals surface area (Å²) in [5, 5.41) is 9.69. The number of hydrogen-bond donors (Lipinski definition) is 1. The van der Waals surface area contributed by atoms with Gasteiger partial charge in [-0.2, -0.15) is 0 Å². The minimum atomic E-state index is -0.300. The van der Waals surface area contributed by atoms with Crippen LogP contribution in [0.4, 0.5) is 0 Å². The molecule has 0 radical (unpaired) electrons. The van der Waals surface area contributed by atoms with E-state index in [4.69, 9.17) is 0 Å². The summed E-state index contributed by atoms with van der Waals surface area (Å²) in [6.07, 6.45) is 0.484. The van der Waals surface area contributed by atoms with Crippen molar-refractivity contribution in [3.8, 4) is 0 Å². The van der Waals surface area contributed by atoms with Gasteiger partial charge in [-0.1, -0.05) is 25.1 Å². The molecule has 1 unspecified atom stereocenters. The standard InChI is InChI=1S/C11H16O/c1-4-10(12)11-8(2)6-5-7-9(11)3/h5-7,10,12H,4H2,1-3H3. The molecule has 0 bridgehead atoms. The number of benzene rings is 1. The maximum Gasteiger partial charge on any atom is 0.0792 e. The van der Waals surface area contributed by atoms with E-state index in [9.17, 15) is 5.11 Å². The molecule has 0 aromatic heterocycles. The highest BCUT2D eigenvalue weighted by Gasteiger charge is 2.09. The fourth-order valence-electron chi connectivity index (χ4n) is 1.56. The lowest BCUT2D eigenvalue weighted by atomic mass is 9.97. The highest BCUT2D eigenvalue weighted by Crippen LogP contribution is 2.23. The molecule has 0 aliphatic rings. The zero-order valence-electron chi connectivity index (χ0n) is 7.96. The largest absolute Gasteiger partial charge is 0.388 e. The maximum absolute atomic E-state index is 9.69. The van der Waals surface area contributed by atoms with Gasteiger partial charge in [0.05, 0.1) is 6.10 Å². The minimum absolute atomic E-state index is 0.300. The third-order valence-electron chi connectivity index (χ3n) is 2.26. The van der Waals surface area contributed by atoms with Gasteiger partial charge in [0, 0.05) is 0 Å². The van der Waals surface area contributed by atoms with Crippen LogP contribution in [0.5, 0.6) is 0 Å². The number of hydrogen-bond acceptors (Lipinski definition) is 1. The van der Waals surface area contributed by atoms with Crippen molar-refractivity contribution in [2.75, 3.05) is 0 Å². The molecule has 0 heterocycles. The van der Waals surface area contributed by atoms with Gasteiger partial charge >= 0.3 is 0 Å². The molecule has 1 N–H and O–H groups in total. The molecule has 0 aliphatic carbocycles. The predicted octanol–water partition coefficient (Wildman–Crippen LogP) is 2.75. The molecule has 0 saturated carbocycles. The van der Waals surface area contributed by atoms with Crippen molar-refractivity contribution < 1.29 is 5.11 Å². The van der Waals surface area contributed by atoms with E-state index in [1.165, 1.54) is 11.1 Å². The first-order valence-electron chi connectivity index (χ1n) is 4.41. The van der Waals surface area contributed by atoms with Crippen LogP contribution in [0.3, 0.4) is 0 Å². The van der Waals surface area contributed by atoms with Crippen molar-refractivity contribution in [3.05, 3.63) is 34.9 Å². The summed E-state index contributed by atoms with van der Waals surface area (Å²) >= 11 is 0. The van der Waals surface area contributed by atoms with Gasteiger partial charge in [-0.15, -0.1) is 0 Å². The van der Waals surface area contributed by atoms with E-state index in [-0.39, 0.29) is 6.10 Å². The SMILES string of the molecule is CCC(O)c1c(C)cccc1C. The summed E-state index contributed by atoms with van der Waals surface area (Å²) in [6.45, 7) is 6.08. The average Bonchev–Trinajstić information content (AvgIpc) is 2.03. The van der Waals surface area contributed by atoms with E-state index >= 15 is 0 Å². The molecule has 0 saturated heterocycles. The first-order chi connectivity index (χ1) is 5.66. The van der Waals surface area contributed by atoms with Crippen LogP contribution in [0, 0.1) is 13.8 Å². The number of aliphatic hydroxyl groups excluding tert-OH is 1. The minimum Gasteiger partial charge on any atom is -0.388 e. The monoisotopic (exact) mass is 164 g/mol. The summed E-state index contributed by atoms with van der Waals surface area (Å²) in [7, 11) is 0. The molecular weight excluding hydrogens is 148 g/mol. The highest BCUT2D eigenvalue weighted by molar-refractivity contribution is 5.35. The third-order valence-corrected chi connectivity index (χ3v) is 2.26. The van der Waals surface area contributed by atoms with Crippen molar-refractivity contribution in [1.29, 1.82) is 0 Å². The molecule has 1 aromatic rings. The molecule has 12 heavy (non-hydrogen) atoms. The zero-order chi connectivity index (χ0) is 9.14. The molecule has 1 nitrogen and oxygen atoms in total. The smallest absolute Gasteiger partial charge is 0.0792 e. The normalized spacial score (nSPS) is 13.0. The lowest BCUT2D eigenvalue weighted by molar-refractivity contribution is 0.172. The number of aryl methyl sites for hydroxylation is 2. The molecule has 66 valence electrons. The van der Waals surface area contributed by atoms with Gasteiger partial charge in [-0.3, -0.25) is 0 Å². The van der Waals surface area contributed by atoms with E-state index in [2.05, 4.69) is 0 Å². The maximum atomic E-state index is 9.69. The first kappa shape index (κ1) is 9.27. The van der Waals surface area contributed by atoms with Gasteiger partial charge in [0.1, 0.15) is 0 Å². The fourth-order valence-corrected chi connectivity index (χ4v) is 1.56. The third kappa shape index (κ3) is 1.67. The van der Waals surface area contributed by atoms with Gasteiger partial charge in [0.25, 0.3) is 0 Å². The van der Waals surface area contributed by atoms with Gasteiger partial charge in [0.2, 0.25) is 0 Å². The van der Waals surface area contributed by atoms with Gasteiger partial charge in [-0.25, -0.2) is 0 Å². The molecule has 0 spiro atoms. The lowest BCUT2D eigenvalue weighted by Gasteiger charge is -2.14. The van der Waals surface area contributed by atoms with Gasteiger partial charge in [0.15, 0.2) is 0 Å². The Morgan fingerprint density at radius 3 is 2.17 bits per heavy atom. The van der Waals surface area contributed by atoms with E-state index in [1.54, 1.807) is 0 Å². The Labute approximate surface area is 74.1 Å². The Balaban J connectivity index is 3.12. The molecule has 1 aromatic carbocycles.